The van der Waals surface area contributed by atoms with E-state index < -0.39 is 11.6 Å². The van der Waals surface area contributed by atoms with Gasteiger partial charge < -0.3 is 9.47 Å². The fourth-order valence-electron chi connectivity index (χ4n) is 1.89. The molecule has 0 unspecified atom stereocenters. The molecule has 0 saturated carbocycles. The first-order valence-corrected chi connectivity index (χ1v) is 6.62. The molecule has 1 aliphatic carbocycles. The molecule has 0 atom stereocenters. The Labute approximate surface area is 128 Å². The van der Waals surface area contributed by atoms with Crippen LogP contribution >= 0.6 is 0 Å². The molecule has 5 heteroatoms. The fourth-order valence-corrected chi connectivity index (χ4v) is 1.89. The predicted molar refractivity (Wildman–Crippen MR) is 78.7 cm³/mol. The molecule has 0 bridgehead atoms. The molecule has 0 aliphatic heterocycles. The zero-order chi connectivity index (χ0) is 15.9. The van der Waals surface area contributed by atoms with Gasteiger partial charge >= 0.3 is 0 Å². The maximum Gasteiger partial charge on any atom is 0.250 e. The number of nitrogens with zero attached hydrogens (tertiary/aromatic N) is 1. The summed E-state index contributed by atoms with van der Waals surface area (Å²) in [5, 5.41) is 0. The first kappa shape index (κ1) is 15.3. The zero-order valence-corrected chi connectivity index (χ0v) is 11.8. The predicted octanol–water partition coefficient (Wildman–Crippen LogP) is 1.75. The van der Waals surface area contributed by atoms with Crippen LogP contribution in [0.15, 0.2) is 29.8 Å². The van der Waals surface area contributed by atoms with Gasteiger partial charge in [0.25, 0.3) is 5.78 Å². The molecule has 0 amide bonds. The van der Waals surface area contributed by atoms with E-state index in [9.17, 15) is 9.59 Å². The van der Waals surface area contributed by atoms with Crippen molar-refractivity contribution < 1.29 is 19.1 Å². The first-order chi connectivity index (χ1) is 10.7. The molecule has 1 aromatic rings. The third-order valence-electron chi connectivity index (χ3n) is 2.87. The SMILES string of the molecule is C#CCCOC1=C(OCCC#C)C(=O)c2ncccc2C1=O. The van der Waals surface area contributed by atoms with E-state index >= 15 is 0 Å². The summed E-state index contributed by atoms with van der Waals surface area (Å²) in [6.45, 7) is 0.220. The van der Waals surface area contributed by atoms with Gasteiger partial charge in [-0.1, -0.05) is 0 Å². The van der Waals surface area contributed by atoms with Crippen LogP contribution in [0.4, 0.5) is 0 Å². The molecule has 2 rings (SSSR count). The van der Waals surface area contributed by atoms with Crippen LogP contribution in [-0.2, 0) is 9.47 Å². The van der Waals surface area contributed by atoms with Crippen LogP contribution < -0.4 is 0 Å². The van der Waals surface area contributed by atoms with Crippen molar-refractivity contribution in [3.8, 4) is 24.7 Å². The van der Waals surface area contributed by atoms with Gasteiger partial charge in [-0.15, -0.1) is 24.7 Å². The third-order valence-corrected chi connectivity index (χ3v) is 2.87. The number of ether oxygens (including phenoxy) is 2. The molecule has 0 aromatic carbocycles. The number of allylic oxidation sites excluding steroid dienone is 2. The number of ketones is 2. The maximum atomic E-state index is 12.5. The van der Waals surface area contributed by atoms with Crippen LogP contribution in [0.1, 0.15) is 33.7 Å². The number of carbonyl (C=O) groups excluding carboxylic acids is 2. The van der Waals surface area contributed by atoms with Gasteiger partial charge in [0, 0.05) is 19.0 Å². The number of hydrogen-bond donors (Lipinski definition) is 0. The highest BCUT2D eigenvalue weighted by atomic mass is 16.5. The summed E-state index contributed by atoms with van der Waals surface area (Å²) in [5.74, 6) is 3.54. The highest BCUT2D eigenvalue weighted by Crippen LogP contribution is 2.26. The van der Waals surface area contributed by atoms with Gasteiger partial charge in [0.05, 0.1) is 18.8 Å². The van der Waals surface area contributed by atoms with Crippen LogP contribution in [0, 0.1) is 24.7 Å². The Morgan fingerprint density at radius 2 is 1.59 bits per heavy atom. The summed E-state index contributed by atoms with van der Waals surface area (Å²) in [6.07, 6.45) is 12.4. The van der Waals surface area contributed by atoms with Gasteiger partial charge in [-0.25, -0.2) is 0 Å². The minimum absolute atomic E-state index is 0.0486. The summed E-state index contributed by atoms with van der Waals surface area (Å²) < 4.78 is 10.7. The van der Waals surface area contributed by atoms with Gasteiger partial charge in [0.1, 0.15) is 5.69 Å². The van der Waals surface area contributed by atoms with Crippen LogP contribution in [-0.4, -0.2) is 29.8 Å². The minimum Gasteiger partial charge on any atom is -0.485 e. The van der Waals surface area contributed by atoms with Gasteiger partial charge in [-0.3, -0.25) is 14.6 Å². The number of aromatic nitrogens is 1. The van der Waals surface area contributed by atoms with Gasteiger partial charge in [-0.05, 0) is 12.1 Å². The van der Waals surface area contributed by atoms with Crippen LogP contribution in [0.25, 0.3) is 0 Å². The Kier molecular flexibility index (Phi) is 4.95. The Bertz CT molecular complexity index is 658. The summed E-state index contributed by atoms with van der Waals surface area (Å²) in [6, 6.07) is 3.10. The quantitative estimate of drug-likeness (QED) is 0.591. The number of terminal acetylenes is 2. The lowest BCUT2D eigenvalue weighted by atomic mass is 9.97. The van der Waals surface area contributed by atoms with E-state index in [2.05, 4.69) is 16.8 Å². The van der Waals surface area contributed by atoms with Gasteiger partial charge in [0.2, 0.25) is 17.3 Å². The van der Waals surface area contributed by atoms with E-state index in [0.29, 0.717) is 12.8 Å². The third kappa shape index (κ3) is 2.99. The lowest BCUT2D eigenvalue weighted by molar-refractivity contribution is 0.0756. The smallest absolute Gasteiger partial charge is 0.250 e. The van der Waals surface area contributed by atoms with E-state index in [1.165, 1.54) is 12.3 Å². The summed E-state index contributed by atoms with van der Waals surface area (Å²) in [7, 11) is 0. The molecule has 110 valence electrons. The molecule has 0 fully saturated rings. The molecular weight excluding hydrogens is 282 g/mol. The Balaban J connectivity index is 2.37. The monoisotopic (exact) mass is 295 g/mol. The number of Topliss-reactive ketones (excluding diaryl/α,β-unsaturated/α-hetero) is 2. The number of rotatable bonds is 6. The van der Waals surface area contributed by atoms with Crippen molar-refractivity contribution >= 4 is 11.6 Å². The highest BCUT2D eigenvalue weighted by molar-refractivity contribution is 6.24. The number of pyridine rings is 1. The minimum atomic E-state index is -0.497. The molecule has 1 aliphatic rings. The van der Waals surface area contributed by atoms with Crippen LogP contribution in [0.3, 0.4) is 0 Å². The lowest BCUT2D eigenvalue weighted by Gasteiger charge is -2.20. The van der Waals surface area contributed by atoms with Crippen molar-refractivity contribution in [3.05, 3.63) is 41.1 Å². The van der Waals surface area contributed by atoms with Crippen LogP contribution in [0.5, 0.6) is 0 Å². The van der Waals surface area contributed by atoms with Crippen molar-refractivity contribution in [2.75, 3.05) is 13.2 Å². The van der Waals surface area contributed by atoms with Crippen LogP contribution in [0.2, 0.25) is 0 Å². The van der Waals surface area contributed by atoms with E-state index in [1.807, 2.05) is 0 Å². The highest BCUT2D eigenvalue weighted by Gasteiger charge is 2.36. The topological polar surface area (TPSA) is 65.5 Å². The summed E-state index contributed by atoms with van der Waals surface area (Å²) in [4.78, 5) is 28.8. The fraction of sp³-hybridized carbons (Fsp3) is 0.235. The summed E-state index contributed by atoms with van der Waals surface area (Å²) >= 11 is 0. The molecule has 1 heterocycles. The largest absolute Gasteiger partial charge is 0.485 e. The van der Waals surface area contributed by atoms with Gasteiger partial charge in [-0.2, -0.15) is 0 Å². The van der Waals surface area contributed by atoms with E-state index in [0.717, 1.165) is 0 Å². The Morgan fingerprint density at radius 3 is 2.18 bits per heavy atom. The first-order valence-electron chi connectivity index (χ1n) is 6.62. The van der Waals surface area contributed by atoms with Crippen molar-refractivity contribution in [2.24, 2.45) is 0 Å². The van der Waals surface area contributed by atoms with E-state index in [1.54, 1.807) is 6.07 Å². The normalized spacial score (nSPS) is 13.2. The number of hydrogen-bond acceptors (Lipinski definition) is 5. The molecule has 0 spiro atoms. The molecular formula is C17H13NO4. The molecule has 0 radical (unpaired) electrons. The molecule has 1 aromatic heterocycles. The molecule has 0 N–H and O–H groups in total. The zero-order valence-electron chi connectivity index (χ0n) is 11.8. The van der Waals surface area contributed by atoms with Gasteiger partial charge in [0.15, 0.2) is 0 Å². The maximum absolute atomic E-state index is 12.5. The molecule has 5 nitrogen and oxygen atoms in total. The standard InChI is InChI=1S/C17H13NO4/c1-3-5-10-21-16-14(19)12-8-7-9-18-13(12)15(20)17(16)22-11-6-4-2/h1-2,7-9H,5-6,10-11H2. The van der Waals surface area contributed by atoms with Crippen molar-refractivity contribution in [1.82, 2.24) is 4.98 Å². The number of carbonyl (C=O) groups is 2. The second-order valence-electron chi connectivity index (χ2n) is 4.32. The lowest BCUT2D eigenvalue weighted by Crippen LogP contribution is -2.26. The second kappa shape index (κ2) is 7.10. The molecule has 22 heavy (non-hydrogen) atoms. The van der Waals surface area contributed by atoms with Crippen molar-refractivity contribution in [3.63, 3.8) is 0 Å². The Hall–Kier alpha value is -3.05. The van der Waals surface area contributed by atoms with E-state index in [-0.39, 0.29) is 36.0 Å². The average molecular weight is 295 g/mol. The average Bonchev–Trinajstić information content (AvgIpc) is 2.54. The second-order valence-corrected chi connectivity index (χ2v) is 4.32. The Morgan fingerprint density at radius 1 is 1.00 bits per heavy atom. The van der Waals surface area contributed by atoms with E-state index in [4.69, 9.17) is 22.3 Å². The summed E-state index contributed by atoms with van der Waals surface area (Å²) in [5.41, 5.74) is 0.236. The molecule has 0 saturated heterocycles. The van der Waals surface area contributed by atoms with Crippen molar-refractivity contribution in [1.29, 1.82) is 0 Å². The number of fused-ring (bicyclic) bond motifs is 1. The van der Waals surface area contributed by atoms with Crippen molar-refractivity contribution in [2.45, 2.75) is 12.8 Å².